The van der Waals surface area contributed by atoms with Gasteiger partial charge in [-0.05, 0) is 38.5 Å². The van der Waals surface area contributed by atoms with Crippen LogP contribution in [-0.2, 0) is 4.74 Å². The lowest BCUT2D eigenvalue weighted by Gasteiger charge is -2.26. The number of ether oxygens (including phenoxy) is 1. The van der Waals surface area contributed by atoms with Gasteiger partial charge in [-0.25, -0.2) is 0 Å². The van der Waals surface area contributed by atoms with Crippen LogP contribution in [0, 0.1) is 5.92 Å². The summed E-state index contributed by atoms with van der Waals surface area (Å²) in [5, 5.41) is 3.20. The first-order valence-corrected chi connectivity index (χ1v) is 6.36. The van der Waals surface area contributed by atoms with Gasteiger partial charge < -0.3 is 15.8 Å². The van der Waals surface area contributed by atoms with Crippen LogP contribution in [0.15, 0.2) is 4.99 Å². The van der Waals surface area contributed by atoms with E-state index in [0.717, 1.165) is 31.9 Å². The van der Waals surface area contributed by atoms with E-state index in [-0.39, 0.29) is 5.60 Å². The van der Waals surface area contributed by atoms with Gasteiger partial charge in [0.25, 0.3) is 0 Å². The lowest BCUT2D eigenvalue weighted by molar-refractivity contribution is 0.0284. The maximum atomic E-state index is 5.82. The van der Waals surface area contributed by atoms with Crippen molar-refractivity contribution in [1.82, 2.24) is 5.32 Å². The molecule has 0 aromatic rings. The van der Waals surface area contributed by atoms with E-state index in [9.17, 15) is 0 Å². The Morgan fingerprint density at radius 1 is 1.50 bits per heavy atom. The first-order chi connectivity index (χ1) is 7.68. The molecule has 4 nitrogen and oxygen atoms in total. The number of nitrogens with one attached hydrogen (secondary N) is 1. The smallest absolute Gasteiger partial charge is 0.188 e. The number of nitrogens with two attached hydrogens (primary N) is 1. The molecule has 1 saturated heterocycles. The van der Waals surface area contributed by atoms with Gasteiger partial charge in [-0.1, -0.05) is 6.42 Å². The highest BCUT2D eigenvalue weighted by molar-refractivity contribution is 5.77. The van der Waals surface area contributed by atoms with Crippen LogP contribution in [0.3, 0.4) is 0 Å². The summed E-state index contributed by atoms with van der Waals surface area (Å²) in [5.41, 5.74) is 5.74. The minimum absolute atomic E-state index is 0.0806. The van der Waals surface area contributed by atoms with Crippen LogP contribution in [0.25, 0.3) is 0 Å². The van der Waals surface area contributed by atoms with Crippen LogP contribution >= 0.6 is 0 Å². The highest BCUT2D eigenvalue weighted by Gasteiger charge is 2.29. The van der Waals surface area contributed by atoms with Crippen molar-refractivity contribution in [1.29, 1.82) is 0 Å². The van der Waals surface area contributed by atoms with E-state index in [4.69, 9.17) is 10.5 Å². The molecule has 1 atom stereocenters. The van der Waals surface area contributed by atoms with Crippen molar-refractivity contribution in [2.24, 2.45) is 16.6 Å². The average Bonchev–Trinajstić information content (AvgIpc) is 2.61. The van der Waals surface area contributed by atoms with Crippen molar-refractivity contribution in [2.75, 3.05) is 19.7 Å². The van der Waals surface area contributed by atoms with E-state index < -0.39 is 0 Å². The molecule has 1 saturated carbocycles. The van der Waals surface area contributed by atoms with Gasteiger partial charge in [0.2, 0.25) is 0 Å². The van der Waals surface area contributed by atoms with Gasteiger partial charge in [0, 0.05) is 13.2 Å². The fourth-order valence-electron chi connectivity index (χ4n) is 2.22. The van der Waals surface area contributed by atoms with Crippen molar-refractivity contribution in [3.05, 3.63) is 0 Å². The van der Waals surface area contributed by atoms with Gasteiger partial charge in [-0.2, -0.15) is 0 Å². The SMILES string of the molecule is CC1(CN=C(N)NCC2CCC2)CCCO1. The molecule has 1 aliphatic heterocycles. The summed E-state index contributed by atoms with van der Waals surface area (Å²) in [6, 6.07) is 0. The molecule has 0 spiro atoms. The average molecular weight is 225 g/mol. The standard InChI is InChI=1S/C12H23N3O/c1-12(6-3-7-16-12)9-15-11(13)14-8-10-4-2-5-10/h10H,2-9H2,1H3,(H3,13,14,15). The van der Waals surface area contributed by atoms with E-state index in [0.29, 0.717) is 12.5 Å². The Hall–Kier alpha value is -0.770. The van der Waals surface area contributed by atoms with E-state index >= 15 is 0 Å². The Labute approximate surface area is 97.6 Å². The van der Waals surface area contributed by atoms with Crippen molar-refractivity contribution in [3.8, 4) is 0 Å². The molecule has 2 aliphatic rings. The normalized spacial score (nSPS) is 31.4. The molecule has 92 valence electrons. The van der Waals surface area contributed by atoms with Gasteiger partial charge in [0.05, 0.1) is 12.1 Å². The van der Waals surface area contributed by atoms with Crippen molar-refractivity contribution in [2.45, 2.75) is 44.6 Å². The molecule has 0 amide bonds. The number of aliphatic imine (C=N–C) groups is 1. The molecule has 2 rings (SSSR count). The topological polar surface area (TPSA) is 59.6 Å². The fraction of sp³-hybridized carbons (Fsp3) is 0.917. The summed E-state index contributed by atoms with van der Waals surface area (Å²) in [4.78, 5) is 4.37. The second-order valence-electron chi connectivity index (χ2n) is 5.28. The maximum Gasteiger partial charge on any atom is 0.188 e. The van der Waals surface area contributed by atoms with Crippen LogP contribution < -0.4 is 11.1 Å². The molecule has 0 bridgehead atoms. The first kappa shape index (κ1) is 11.7. The summed E-state index contributed by atoms with van der Waals surface area (Å²) < 4.78 is 5.66. The Morgan fingerprint density at radius 2 is 2.31 bits per heavy atom. The summed E-state index contributed by atoms with van der Waals surface area (Å²) in [5.74, 6) is 1.38. The van der Waals surface area contributed by atoms with Crippen molar-refractivity contribution >= 4 is 5.96 Å². The van der Waals surface area contributed by atoms with E-state index in [1.165, 1.54) is 19.3 Å². The molecular weight excluding hydrogens is 202 g/mol. The Morgan fingerprint density at radius 3 is 2.88 bits per heavy atom. The van der Waals surface area contributed by atoms with Crippen molar-refractivity contribution < 1.29 is 4.74 Å². The summed E-state index contributed by atoms with van der Waals surface area (Å²) in [6.45, 7) is 4.63. The summed E-state index contributed by atoms with van der Waals surface area (Å²) in [6.07, 6.45) is 6.27. The predicted molar refractivity (Wildman–Crippen MR) is 65.4 cm³/mol. The van der Waals surface area contributed by atoms with Gasteiger partial charge in [-0.3, -0.25) is 4.99 Å². The molecule has 0 aromatic carbocycles. The minimum atomic E-state index is -0.0806. The minimum Gasteiger partial charge on any atom is -0.373 e. The predicted octanol–water partition coefficient (Wildman–Crippen LogP) is 1.26. The molecule has 1 unspecified atom stereocenters. The largest absolute Gasteiger partial charge is 0.373 e. The Bertz CT molecular complexity index is 255. The monoisotopic (exact) mass is 225 g/mol. The van der Waals surface area contributed by atoms with Crippen LogP contribution in [0.4, 0.5) is 0 Å². The second kappa shape index (κ2) is 5.04. The molecule has 3 N–H and O–H groups in total. The molecule has 0 aromatic heterocycles. The van der Waals surface area contributed by atoms with Crippen LogP contribution in [0.1, 0.15) is 39.0 Å². The van der Waals surface area contributed by atoms with E-state index in [2.05, 4.69) is 17.2 Å². The quantitative estimate of drug-likeness (QED) is 0.559. The molecule has 4 heteroatoms. The maximum absolute atomic E-state index is 5.82. The van der Waals surface area contributed by atoms with Crippen LogP contribution in [-0.4, -0.2) is 31.3 Å². The van der Waals surface area contributed by atoms with Crippen molar-refractivity contribution in [3.63, 3.8) is 0 Å². The van der Waals surface area contributed by atoms with Gasteiger partial charge in [0.15, 0.2) is 5.96 Å². The molecule has 1 aliphatic carbocycles. The molecule has 0 radical (unpaired) electrons. The lowest BCUT2D eigenvalue weighted by atomic mass is 9.85. The highest BCUT2D eigenvalue weighted by Crippen LogP contribution is 2.26. The number of guanidine groups is 1. The third-order valence-electron chi connectivity index (χ3n) is 3.68. The van der Waals surface area contributed by atoms with E-state index in [1.807, 2.05) is 0 Å². The molecular formula is C12H23N3O. The number of hydrogen-bond acceptors (Lipinski definition) is 2. The molecule has 2 fully saturated rings. The van der Waals surface area contributed by atoms with E-state index in [1.54, 1.807) is 0 Å². The zero-order valence-electron chi connectivity index (χ0n) is 10.2. The number of hydrogen-bond donors (Lipinski definition) is 2. The zero-order valence-corrected chi connectivity index (χ0v) is 10.2. The fourth-order valence-corrected chi connectivity index (χ4v) is 2.22. The number of nitrogens with zero attached hydrogens (tertiary/aromatic N) is 1. The second-order valence-corrected chi connectivity index (χ2v) is 5.28. The third kappa shape index (κ3) is 3.11. The van der Waals surface area contributed by atoms with Gasteiger partial charge in [0.1, 0.15) is 0 Å². The summed E-state index contributed by atoms with van der Waals surface area (Å²) in [7, 11) is 0. The molecule has 1 heterocycles. The Balaban J connectivity index is 1.68. The zero-order chi connectivity index (χ0) is 11.4. The Kier molecular flexibility index (Phi) is 3.69. The van der Waals surface area contributed by atoms with Crippen LogP contribution in [0.5, 0.6) is 0 Å². The highest BCUT2D eigenvalue weighted by atomic mass is 16.5. The van der Waals surface area contributed by atoms with Gasteiger partial charge >= 0.3 is 0 Å². The van der Waals surface area contributed by atoms with Crippen LogP contribution in [0.2, 0.25) is 0 Å². The third-order valence-corrected chi connectivity index (χ3v) is 3.68. The summed E-state index contributed by atoms with van der Waals surface area (Å²) >= 11 is 0. The first-order valence-electron chi connectivity index (χ1n) is 6.36. The lowest BCUT2D eigenvalue weighted by Crippen LogP contribution is -2.38. The van der Waals surface area contributed by atoms with Gasteiger partial charge in [-0.15, -0.1) is 0 Å². The number of rotatable bonds is 4. The molecule has 16 heavy (non-hydrogen) atoms.